The molecule has 0 aliphatic rings. The van der Waals surface area contributed by atoms with Gasteiger partial charge in [0.15, 0.2) is 0 Å². The zero-order chi connectivity index (χ0) is 18.5. The molecule has 4 rings (SSSR count). The monoisotopic (exact) mass is 359 g/mol. The fraction of sp³-hybridized carbons (Fsp3) is 0.136. The zero-order valence-corrected chi connectivity index (χ0v) is 14.9. The summed E-state index contributed by atoms with van der Waals surface area (Å²) < 4.78 is 5.49. The standard InChI is InChI=1S/C22H21N3O2/c26-22(24-18-7-2-1-3-8-18)16-25(15-19-9-6-12-27-19)14-17-13-23-21-11-5-4-10-20(17)21/h1-13,23H,14-16H2,(H,24,26). The van der Waals surface area contributed by atoms with Gasteiger partial charge in [-0.15, -0.1) is 0 Å². The summed E-state index contributed by atoms with van der Waals surface area (Å²) in [4.78, 5) is 17.9. The SMILES string of the molecule is O=C(CN(Cc1ccco1)Cc1c[nH]c2ccccc12)Nc1ccccc1. The molecule has 5 heteroatoms. The van der Waals surface area contributed by atoms with Crippen molar-refractivity contribution in [2.75, 3.05) is 11.9 Å². The van der Waals surface area contributed by atoms with Crippen LogP contribution in [-0.4, -0.2) is 22.3 Å². The smallest absolute Gasteiger partial charge is 0.238 e. The molecule has 0 unspecified atom stereocenters. The van der Waals surface area contributed by atoms with Crippen molar-refractivity contribution in [1.29, 1.82) is 0 Å². The number of H-pyrrole nitrogens is 1. The lowest BCUT2D eigenvalue weighted by Crippen LogP contribution is -2.32. The first kappa shape index (κ1) is 17.1. The molecule has 2 N–H and O–H groups in total. The summed E-state index contributed by atoms with van der Waals surface area (Å²) in [6.45, 7) is 1.48. The number of aromatic nitrogens is 1. The summed E-state index contributed by atoms with van der Waals surface area (Å²) in [7, 11) is 0. The van der Waals surface area contributed by atoms with Crippen LogP contribution in [0.3, 0.4) is 0 Å². The molecule has 2 aromatic carbocycles. The first-order chi connectivity index (χ1) is 13.3. The summed E-state index contributed by atoms with van der Waals surface area (Å²) >= 11 is 0. The molecular weight excluding hydrogens is 338 g/mol. The minimum atomic E-state index is -0.0485. The second-order valence-corrected chi connectivity index (χ2v) is 6.50. The molecule has 0 saturated heterocycles. The van der Waals surface area contributed by atoms with E-state index in [9.17, 15) is 4.79 Å². The Balaban J connectivity index is 1.50. The van der Waals surface area contributed by atoms with E-state index in [1.54, 1.807) is 6.26 Å². The normalized spacial score (nSPS) is 11.1. The van der Waals surface area contributed by atoms with Crippen molar-refractivity contribution in [1.82, 2.24) is 9.88 Å². The van der Waals surface area contributed by atoms with Crippen LogP contribution in [-0.2, 0) is 17.9 Å². The van der Waals surface area contributed by atoms with Crippen molar-refractivity contribution in [3.05, 3.63) is 90.5 Å². The highest BCUT2D eigenvalue weighted by Crippen LogP contribution is 2.20. The maximum atomic E-state index is 12.6. The number of furan rings is 1. The quantitative estimate of drug-likeness (QED) is 0.514. The van der Waals surface area contributed by atoms with Crippen LogP contribution in [0.15, 0.2) is 83.6 Å². The van der Waals surface area contributed by atoms with Crippen molar-refractivity contribution in [3.8, 4) is 0 Å². The first-order valence-electron chi connectivity index (χ1n) is 8.92. The number of nitrogens with zero attached hydrogens (tertiary/aromatic N) is 1. The van der Waals surface area contributed by atoms with Gasteiger partial charge in [-0.3, -0.25) is 9.69 Å². The topological polar surface area (TPSA) is 61.3 Å². The number of amides is 1. The number of fused-ring (bicyclic) bond motifs is 1. The molecule has 2 heterocycles. The molecule has 4 aromatic rings. The van der Waals surface area contributed by atoms with Crippen molar-refractivity contribution < 1.29 is 9.21 Å². The largest absolute Gasteiger partial charge is 0.468 e. The van der Waals surface area contributed by atoms with Crippen LogP contribution in [0.1, 0.15) is 11.3 Å². The van der Waals surface area contributed by atoms with Crippen molar-refractivity contribution in [3.63, 3.8) is 0 Å². The molecule has 27 heavy (non-hydrogen) atoms. The highest BCUT2D eigenvalue weighted by molar-refractivity contribution is 5.92. The number of aromatic amines is 1. The summed E-state index contributed by atoms with van der Waals surface area (Å²) in [5.74, 6) is 0.787. The molecule has 1 amide bonds. The number of rotatable bonds is 7. The third kappa shape index (κ3) is 4.27. The van der Waals surface area contributed by atoms with Gasteiger partial charge in [-0.25, -0.2) is 0 Å². The van der Waals surface area contributed by atoms with Gasteiger partial charge in [0, 0.05) is 29.3 Å². The van der Waals surface area contributed by atoms with Crippen LogP contribution in [0.25, 0.3) is 10.9 Å². The van der Waals surface area contributed by atoms with Crippen LogP contribution >= 0.6 is 0 Å². The Bertz CT molecular complexity index is 1010. The Morgan fingerprint density at radius 3 is 2.59 bits per heavy atom. The molecule has 0 radical (unpaired) electrons. The number of hydrogen-bond donors (Lipinski definition) is 2. The fourth-order valence-electron chi connectivity index (χ4n) is 3.22. The molecular formula is C22H21N3O2. The highest BCUT2D eigenvalue weighted by Gasteiger charge is 2.15. The molecule has 0 aliphatic carbocycles. The molecule has 0 atom stereocenters. The van der Waals surface area contributed by atoms with Gasteiger partial charge in [0.25, 0.3) is 0 Å². The van der Waals surface area contributed by atoms with E-state index in [0.29, 0.717) is 13.1 Å². The predicted octanol–water partition coefficient (Wildman–Crippen LogP) is 4.40. The van der Waals surface area contributed by atoms with Gasteiger partial charge in [0.1, 0.15) is 5.76 Å². The maximum absolute atomic E-state index is 12.6. The van der Waals surface area contributed by atoms with Gasteiger partial charge in [0.05, 0.1) is 19.4 Å². The van der Waals surface area contributed by atoms with E-state index < -0.39 is 0 Å². The Morgan fingerprint density at radius 2 is 1.78 bits per heavy atom. The second-order valence-electron chi connectivity index (χ2n) is 6.50. The van der Waals surface area contributed by atoms with E-state index in [1.807, 2.05) is 60.8 Å². The number of carbonyl (C=O) groups is 1. The summed E-state index contributed by atoms with van der Waals surface area (Å²) in [5.41, 5.74) is 3.05. The predicted molar refractivity (Wildman–Crippen MR) is 106 cm³/mol. The molecule has 136 valence electrons. The number of para-hydroxylation sites is 2. The summed E-state index contributed by atoms with van der Waals surface area (Å²) in [5, 5.41) is 4.12. The van der Waals surface area contributed by atoms with Crippen molar-refractivity contribution >= 4 is 22.5 Å². The van der Waals surface area contributed by atoms with Crippen molar-refractivity contribution in [2.45, 2.75) is 13.1 Å². The lowest BCUT2D eigenvalue weighted by atomic mass is 10.1. The lowest BCUT2D eigenvalue weighted by molar-refractivity contribution is -0.117. The molecule has 0 aliphatic heterocycles. The number of nitrogens with one attached hydrogen (secondary N) is 2. The Hall–Kier alpha value is -3.31. The van der Waals surface area contributed by atoms with Gasteiger partial charge in [-0.2, -0.15) is 0 Å². The molecule has 0 spiro atoms. The third-order valence-corrected chi connectivity index (χ3v) is 4.45. The molecule has 0 saturated carbocycles. The number of anilines is 1. The van der Waals surface area contributed by atoms with Crippen LogP contribution in [0.4, 0.5) is 5.69 Å². The van der Waals surface area contributed by atoms with E-state index in [-0.39, 0.29) is 12.5 Å². The van der Waals surface area contributed by atoms with Gasteiger partial charge in [-0.1, -0.05) is 36.4 Å². The van der Waals surface area contributed by atoms with E-state index in [4.69, 9.17) is 4.42 Å². The minimum absolute atomic E-state index is 0.0485. The molecule has 0 bridgehead atoms. The number of benzene rings is 2. The van der Waals surface area contributed by atoms with E-state index >= 15 is 0 Å². The van der Waals surface area contributed by atoms with Gasteiger partial charge >= 0.3 is 0 Å². The second kappa shape index (κ2) is 7.93. The van der Waals surface area contributed by atoms with E-state index in [2.05, 4.69) is 27.3 Å². The van der Waals surface area contributed by atoms with Crippen molar-refractivity contribution in [2.24, 2.45) is 0 Å². The fourth-order valence-corrected chi connectivity index (χ4v) is 3.22. The maximum Gasteiger partial charge on any atom is 0.238 e. The van der Waals surface area contributed by atoms with Crippen LogP contribution in [0.2, 0.25) is 0 Å². The molecule has 0 fully saturated rings. The van der Waals surface area contributed by atoms with E-state index in [1.165, 1.54) is 5.39 Å². The highest BCUT2D eigenvalue weighted by atomic mass is 16.3. The first-order valence-corrected chi connectivity index (χ1v) is 8.92. The third-order valence-electron chi connectivity index (χ3n) is 4.45. The Labute approximate surface area is 157 Å². The lowest BCUT2D eigenvalue weighted by Gasteiger charge is -2.20. The molecule has 5 nitrogen and oxygen atoms in total. The van der Waals surface area contributed by atoms with Crippen LogP contribution in [0, 0.1) is 0 Å². The number of carbonyl (C=O) groups excluding carboxylic acids is 1. The number of hydrogen-bond acceptors (Lipinski definition) is 3. The van der Waals surface area contributed by atoms with Crippen LogP contribution < -0.4 is 5.32 Å². The van der Waals surface area contributed by atoms with E-state index in [0.717, 1.165) is 22.5 Å². The summed E-state index contributed by atoms with van der Waals surface area (Å²) in [6.07, 6.45) is 3.66. The Kier molecular flexibility index (Phi) is 5.03. The summed E-state index contributed by atoms with van der Waals surface area (Å²) in [6, 6.07) is 21.5. The average molecular weight is 359 g/mol. The molecule has 2 aromatic heterocycles. The van der Waals surface area contributed by atoms with Gasteiger partial charge in [0.2, 0.25) is 5.91 Å². The van der Waals surface area contributed by atoms with Gasteiger partial charge < -0.3 is 14.7 Å². The van der Waals surface area contributed by atoms with Gasteiger partial charge in [-0.05, 0) is 35.9 Å². The Morgan fingerprint density at radius 1 is 0.963 bits per heavy atom. The van der Waals surface area contributed by atoms with Crippen LogP contribution in [0.5, 0.6) is 0 Å². The minimum Gasteiger partial charge on any atom is -0.468 e. The zero-order valence-electron chi connectivity index (χ0n) is 14.9. The average Bonchev–Trinajstić information content (AvgIpc) is 3.33.